The average Bonchev–Trinajstić information content (AvgIpc) is 2.82. The number of carbonyl (C=O) groups excluding carboxylic acids is 2. The maximum atomic E-state index is 12.0. The predicted octanol–water partition coefficient (Wildman–Crippen LogP) is 6.90. The highest BCUT2D eigenvalue weighted by atomic mass is 16.5. The van der Waals surface area contributed by atoms with Crippen molar-refractivity contribution in [3.8, 4) is 0 Å². The largest absolute Gasteiger partial charge is 0.460 e. The fourth-order valence-corrected chi connectivity index (χ4v) is 4.56. The van der Waals surface area contributed by atoms with Crippen molar-refractivity contribution in [1.29, 1.82) is 0 Å². The van der Waals surface area contributed by atoms with Gasteiger partial charge >= 0.3 is 11.9 Å². The SMILES string of the molecule is CCCCCCCCCC(=O)OCC[N+](C)(C)CCC[N+](C)(C)CCOC(=O)CCCCCCCCC. The third kappa shape index (κ3) is 24.9. The van der Waals surface area contributed by atoms with Crippen molar-refractivity contribution in [3.63, 3.8) is 0 Å². The van der Waals surface area contributed by atoms with Gasteiger partial charge in [-0.25, -0.2) is 0 Å². The lowest BCUT2D eigenvalue weighted by Gasteiger charge is -2.33. The topological polar surface area (TPSA) is 52.6 Å². The summed E-state index contributed by atoms with van der Waals surface area (Å²) in [6.45, 7) is 9.21. The van der Waals surface area contributed by atoms with Crippen molar-refractivity contribution in [2.75, 3.05) is 67.6 Å². The summed E-state index contributed by atoms with van der Waals surface area (Å²) in [5, 5.41) is 0. The molecule has 0 aromatic rings. The number of nitrogens with zero attached hydrogens (tertiary/aromatic N) is 2. The van der Waals surface area contributed by atoms with E-state index >= 15 is 0 Å². The number of unbranched alkanes of at least 4 members (excludes halogenated alkanes) is 12. The van der Waals surface area contributed by atoms with Crippen molar-refractivity contribution in [2.24, 2.45) is 0 Å². The highest BCUT2D eigenvalue weighted by Gasteiger charge is 2.21. The average molecular weight is 529 g/mol. The Morgan fingerprint density at radius 1 is 0.459 bits per heavy atom. The van der Waals surface area contributed by atoms with Crippen LogP contribution in [0.15, 0.2) is 0 Å². The van der Waals surface area contributed by atoms with Crippen LogP contribution < -0.4 is 0 Å². The molecule has 0 unspecified atom stereocenters. The molecular weight excluding hydrogens is 464 g/mol. The molecule has 0 fully saturated rings. The molecule has 0 saturated carbocycles. The number of hydrogen-bond acceptors (Lipinski definition) is 4. The molecule has 0 N–H and O–H groups in total. The first kappa shape index (κ1) is 35.9. The summed E-state index contributed by atoms with van der Waals surface area (Å²) in [6, 6.07) is 0. The second-order valence-corrected chi connectivity index (χ2v) is 12.3. The number of likely N-dealkylation sites (N-methyl/N-ethyl adjacent to an activating group) is 2. The minimum atomic E-state index is -0.0483. The maximum Gasteiger partial charge on any atom is 0.305 e. The molecule has 0 atom stereocenters. The standard InChI is InChI=1S/C31H64N2O4/c1-7-9-11-13-15-17-19-22-30(34)36-28-26-32(3,4)24-21-25-33(5,6)27-29-37-31(35)23-20-18-16-14-12-10-8-2/h7-29H2,1-6H3/q+2. The molecule has 0 spiro atoms. The molecule has 0 aliphatic carbocycles. The summed E-state index contributed by atoms with van der Waals surface area (Å²) in [6.07, 6.45) is 19.2. The van der Waals surface area contributed by atoms with E-state index in [2.05, 4.69) is 42.0 Å². The second-order valence-electron chi connectivity index (χ2n) is 12.3. The van der Waals surface area contributed by atoms with Crippen LogP contribution in [0.2, 0.25) is 0 Å². The molecule has 0 aromatic carbocycles. The van der Waals surface area contributed by atoms with E-state index in [0.717, 1.165) is 67.2 Å². The Labute approximate surface area is 230 Å². The van der Waals surface area contributed by atoms with Crippen LogP contribution in [0.4, 0.5) is 0 Å². The van der Waals surface area contributed by atoms with Crippen molar-refractivity contribution in [1.82, 2.24) is 0 Å². The Morgan fingerprint density at radius 3 is 1.14 bits per heavy atom. The highest BCUT2D eigenvalue weighted by molar-refractivity contribution is 5.69. The molecule has 0 aliphatic rings. The number of esters is 2. The highest BCUT2D eigenvalue weighted by Crippen LogP contribution is 2.11. The zero-order valence-corrected chi connectivity index (χ0v) is 25.8. The molecule has 6 nitrogen and oxygen atoms in total. The van der Waals surface area contributed by atoms with E-state index in [1.54, 1.807) is 0 Å². The first-order chi connectivity index (χ1) is 17.6. The summed E-state index contributed by atoms with van der Waals surface area (Å²) in [4.78, 5) is 24.0. The first-order valence-electron chi connectivity index (χ1n) is 15.6. The smallest absolute Gasteiger partial charge is 0.305 e. The maximum absolute atomic E-state index is 12.0. The molecule has 0 amide bonds. The molecule has 0 aliphatic heterocycles. The molecule has 37 heavy (non-hydrogen) atoms. The quantitative estimate of drug-likeness (QED) is 0.0696. The van der Waals surface area contributed by atoms with Gasteiger partial charge < -0.3 is 18.4 Å². The van der Waals surface area contributed by atoms with Gasteiger partial charge in [-0.1, -0.05) is 90.9 Å². The van der Waals surface area contributed by atoms with Gasteiger partial charge in [-0.15, -0.1) is 0 Å². The minimum absolute atomic E-state index is 0.0483. The molecule has 0 bridgehead atoms. The molecule has 0 aromatic heterocycles. The molecule has 220 valence electrons. The third-order valence-electron chi connectivity index (χ3n) is 7.42. The minimum Gasteiger partial charge on any atom is -0.460 e. The summed E-state index contributed by atoms with van der Waals surface area (Å²) < 4.78 is 12.7. The number of quaternary nitrogens is 2. The van der Waals surface area contributed by atoms with Crippen LogP contribution in [0.1, 0.15) is 123 Å². The van der Waals surface area contributed by atoms with Crippen LogP contribution in [0, 0.1) is 0 Å². The zero-order chi connectivity index (χ0) is 27.8. The van der Waals surface area contributed by atoms with Gasteiger partial charge in [0, 0.05) is 19.3 Å². The Morgan fingerprint density at radius 2 is 0.784 bits per heavy atom. The van der Waals surface area contributed by atoms with Gasteiger partial charge in [-0.3, -0.25) is 9.59 Å². The third-order valence-corrected chi connectivity index (χ3v) is 7.42. The number of ether oxygens (including phenoxy) is 2. The van der Waals surface area contributed by atoms with Crippen molar-refractivity contribution in [2.45, 2.75) is 123 Å². The Bertz CT molecular complexity index is 515. The Kier molecular flexibility index (Phi) is 22.1. The van der Waals surface area contributed by atoms with E-state index in [1.165, 1.54) is 64.2 Å². The van der Waals surface area contributed by atoms with E-state index in [4.69, 9.17) is 9.47 Å². The monoisotopic (exact) mass is 528 g/mol. The van der Waals surface area contributed by atoms with Gasteiger partial charge in [-0.2, -0.15) is 0 Å². The Balaban J connectivity index is 3.83. The van der Waals surface area contributed by atoms with Crippen LogP contribution >= 0.6 is 0 Å². The van der Waals surface area contributed by atoms with E-state index in [9.17, 15) is 9.59 Å². The molecule has 0 heterocycles. The van der Waals surface area contributed by atoms with Crippen LogP contribution in [0.3, 0.4) is 0 Å². The summed E-state index contributed by atoms with van der Waals surface area (Å²) in [7, 11) is 8.82. The number of carbonyl (C=O) groups is 2. The fraction of sp³-hybridized carbons (Fsp3) is 0.935. The lowest BCUT2D eigenvalue weighted by molar-refractivity contribution is -0.909. The lowest BCUT2D eigenvalue weighted by Crippen LogP contribution is -2.47. The fourth-order valence-electron chi connectivity index (χ4n) is 4.56. The van der Waals surface area contributed by atoms with Gasteiger partial charge in [0.25, 0.3) is 0 Å². The lowest BCUT2D eigenvalue weighted by atomic mass is 10.1. The number of rotatable bonds is 26. The normalized spacial score (nSPS) is 12.1. The van der Waals surface area contributed by atoms with Crippen LogP contribution in [-0.4, -0.2) is 88.5 Å². The summed E-state index contributed by atoms with van der Waals surface area (Å²) in [5.41, 5.74) is 0. The zero-order valence-electron chi connectivity index (χ0n) is 25.8. The van der Waals surface area contributed by atoms with Gasteiger partial charge in [-0.05, 0) is 12.8 Å². The number of hydrogen-bond donors (Lipinski definition) is 0. The van der Waals surface area contributed by atoms with E-state index < -0.39 is 0 Å². The van der Waals surface area contributed by atoms with E-state index in [1.807, 2.05) is 0 Å². The van der Waals surface area contributed by atoms with Gasteiger partial charge in [0.1, 0.15) is 26.3 Å². The second kappa shape index (κ2) is 22.8. The van der Waals surface area contributed by atoms with Crippen molar-refractivity contribution < 1.29 is 28.0 Å². The van der Waals surface area contributed by atoms with E-state index in [0.29, 0.717) is 26.1 Å². The summed E-state index contributed by atoms with van der Waals surface area (Å²) in [5.74, 6) is -0.0965. The van der Waals surface area contributed by atoms with Crippen LogP contribution in [-0.2, 0) is 19.1 Å². The summed E-state index contributed by atoms with van der Waals surface area (Å²) >= 11 is 0. The van der Waals surface area contributed by atoms with Gasteiger partial charge in [0.2, 0.25) is 0 Å². The molecule has 0 saturated heterocycles. The van der Waals surface area contributed by atoms with Crippen molar-refractivity contribution in [3.05, 3.63) is 0 Å². The predicted molar refractivity (Wildman–Crippen MR) is 155 cm³/mol. The first-order valence-corrected chi connectivity index (χ1v) is 15.6. The Hall–Kier alpha value is -1.14. The van der Waals surface area contributed by atoms with Crippen LogP contribution in [0.5, 0.6) is 0 Å². The molecule has 0 radical (unpaired) electrons. The van der Waals surface area contributed by atoms with Gasteiger partial charge in [0.05, 0.1) is 41.3 Å². The van der Waals surface area contributed by atoms with E-state index in [-0.39, 0.29) is 11.9 Å². The van der Waals surface area contributed by atoms with Crippen LogP contribution in [0.25, 0.3) is 0 Å². The molecule has 6 heteroatoms. The van der Waals surface area contributed by atoms with Crippen molar-refractivity contribution >= 4 is 11.9 Å². The molecule has 0 rings (SSSR count). The molecular formula is C31H64N2O4+2. The van der Waals surface area contributed by atoms with Gasteiger partial charge in [0.15, 0.2) is 0 Å².